The van der Waals surface area contributed by atoms with Crippen LogP contribution in [-0.2, 0) is 9.53 Å². The molecule has 10 nitrogen and oxygen atoms in total. The molecule has 2 amide bonds. The first-order chi connectivity index (χ1) is 18.5. The van der Waals surface area contributed by atoms with Gasteiger partial charge in [-0.2, -0.15) is 13.2 Å². The van der Waals surface area contributed by atoms with Crippen LogP contribution in [0.3, 0.4) is 0 Å². The number of alkyl halides is 3. The fourth-order valence-electron chi connectivity index (χ4n) is 4.10. The minimum absolute atomic E-state index is 0.0314. The van der Waals surface area contributed by atoms with Gasteiger partial charge in [0.2, 0.25) is 0 Å². The summed E-state index contributed by atoms with van der Waals surface area (Å²) in [5, 5.41) is 11.6. The van der Waals surface area contributed by atoms with Crippen molar-refractivity contribution in [1.29, 1.82) is 0 Å². The highest BCUT2D eigenvalue weighted by molar-refractivity contribution is 6.35. The largest absolute Gasteiger partial charge is 0.471 e. The molecule has 0 bridgehead atoms. The van der Waals surface area contributed by atoms with E-state index >= 15 is 0 Å². The first-order valence-electron chi connectivity index (χ1n) is 12.0. The third-order valence-electron chi connectivity index (χ3n) is 5.81. The highest BCUT2D eigenvalue weighted by Gasteiger charge is 2.44. The zero-order valence-electron chi connectivity index (χ0n) is 22.0. The summed E-state index contributed by atoms with van der Waals surface area (Å²) in [7, 11) is 0.931. The molecule has 0 N–H and O–H groups in total. The Morgan fingerprint density at radius 3 is 2.35 bits per heavy atom. The molecular formula is C25H27ClF4N4O6. The average Bonchev–Trinajstić information content (AvgIpc) is 2.84. The van der Waals surface area contributed by atoms with Crippen molar-refractivity contribution in [3.63, 3.8) is 0 Å². The van der Waals surface area contributed by atoms with E-state index in [2.05, 4.69) is 0 Å². The number of likely N-dealkylation sites (N-methyl/N-ethyl adjacent to an activating group) is 1. The first-order valence-corrected chi connectivity index (χ1v) is 12.3. The normalized spacial score (nSPS) is 16.0. The molecule has 0 saturated carbocycles. The zero-order chi connectivity index (χ0) is 30.0. The van der Waals surface area contributed by atoms with E-state index < -0.39 is 52.8 Å². The number of rotatable bonds is 6. The van der Waals surface area contributed by atoms with E-state index in [9.17, 15) is 37.3 Å². The van der Waals surface area contributed by atoms with Gasteiger partial charge in [0, 0.05) is 39.3 Å². The van der Waals surface area contributed by atoms with Gasteiger partial charge in [-0.05, 0) is 39.0 Å². The number of nitrogens with zero attached hydrogens (tertiary/aromatic N) is 4. The Hall–Kier alpha value is -3.81. The number of para-hydroxylation sites is 1. The van der Waals surface area contributed by atoms with Crippen LogP contribution in [0.2, 0.25) is 5.02 Å². The minimum Gasteiger partial charge on any atom is -0.453 e. The van der Waals surface area contributed by atoms with Crippen LogP contribution in [0.15, 0.2) is 36.4 Å². The van der Waals surface area contributed by atoms with Gasteiger partial charge in [0.25, 0.3) is 5.69 Å². The van der Waals surface area contributed by atoms with Crippen molar-refractivity contribution in [2.75, 3.05) is 38.1 Å². The maximum atomic E-state index is 14.2. The molecule has 2 aromatic rings. The van der Waals surface area contributed by atoms with E-state index in [4.69, 9.17) is 21.1 Å². The standard InChI is InChI=1S/C25H27ClF4N4O6/c1-24(2,3)40-23(36)33-12-11-32(14-15(33)13-31(4)22(35)25(28,29)30)21-17(34(37)38)9-10-19(20(21)26)39-18-8-6-5-7-16(18)27/h5-10,15H,11-14H2,1-4H3/t15-/m0/s1. The van der Waals surface area contributed by atoms with Crippen LogP contribution in [0.25, 0.3) is 0 Å². The van der Waals surface area contributed by atoms with Gasteiger partial charge in [-0.15, -0.1) is 0 Å². The van der Waals surface area contributed by atoms with Gasteiger partial charge in [-0.25, -0.2) is 9.18 Å². The fourth-order valence-corrected chi connectivity index (χ4v) is 4.42. The lowest BCUT2D eigenvalue weighted by atomic mass is 10.1. The van der Waals surface area contributed by atoms with Crippen LogP contribution in [0.1, 0.15) is 20.8 Å². The highest BCUT2D eigenvalue weighted by atomic mass is 35.5. The fraction of sp³-hybridized carbons (Fsp3) is 0.440. The summed E-state index contributed by atoms with van der Waals surface area (Å²) in [6, 6.07) is 6.65. The molecule has 0 unspecified atom stereocenters. The number of nitro groups is 1. The molecule has 1 saturated heterocycles. The Kier molecular flexibility index (Phi) is 9.02. The van der Waals surface area contributed by atoms with Crippen molar-refractivity contribution < 1.29 is 41.5 Å². The van der Waals surface area contributed by atoms with E-state index in [1.807, 2.05) is 0 Å². The van der Waals surface area contributed by atoms with Crippen LogP contribution >= 0.6 is 11.6 Å². The van der Waals surface area contributed by atoms with Crippen molar-refractivity contribution in [1.82, 2.24) is 9.80 Å². The lowest BCUT2D eigenvalue weighted by molar-refractivity contribution is -0.384. The van der Waals surface area contributed by atoms with Gasteiger partial charge in [0.15, 0.2) is 11.6 Å². The molecule has 1 fully saturated rings. The number of halogens is 5. The minimum atomic E-state index is -5.15. The number of nitro benzene ring substituents is 1. The van der Waals surface area contributed by atoms with E-state index in [1.54, 1.807) is 20.8 Å². The van der Waals surface area contributed by atoms with Gasteiger partial charge < -0.3 is 19.3 Å². The number of benzene rings is 2. The van der Waals surface area contributed by atoms with Crippen molar-refractivity contribution in [3.05, 3.63) is 57.4 Å². The topological polar surface area (TPSA) is 105 Å². The Bertz CT molecular complexity index is 1290. The third-order valence-corrected chi connectivity index (χ3v) is 6.18. The third kappa shape index (κ3) is 7.23. The van der Waals surface area contributed by atoms with Crippen LogP contribution in [0, 0.1) is 15.9 Å². The van der Waals surface area contributed by atoms with E-state index in [1.165, 1.54) is 34.1 Å². The summed E-state index contributed by atoms with van der Waals surface area (Å²) < 4.78 is 64.4. The predicted molar refractivity (Wildman–Crippen MR) is 137 cm³/mol. The summed E-state index contributed by atoms with van der Waals surface area (Å²) in [5.41, 5.74) is -1.51. The predicted octanol–water partition coefficient (Wildman–Crippen LogP) is 5.63. The average molecular weight is 591 g/mol. The van der Waals surface area contributed by atoms with Crippen LogP contribution in [-0.4, -0.2) is 77.8 Å². The Morgan fingerprint density at radius 1 is 1.12 bits per heavy atom. The maximum absolute atomic E-state index is 14.2. The van der Waals surface area contributed by atoms with Gasteiger partial charge in [-0.3, -0.25) is 19.8 Å². The summed E-state index contributed by atoms with van der Waals surface area (Å²) in [4.78, 5) is 38.9. The SMILES string of the molecule is CN(C[C@H]1CN(c2c([N+](=O)[O-])ccc(Oc3ccccc3F)c2Cl)CCN1C(=O)OC(C)(C)C)C(=O)C(F)(F)F. The molecule has 15 heteroatoms. The highest BCUT2D eigenvalue weighted by Crippen LogP contribution is 2.44. The second kappa shape index (κ2) is 11.7. The lowest BCUT2D eigenvalue weighted by Gasteiger charge is -2.43. The van der Waals surface area contributed by atoms with Crippen molar-refractivity contribution in [2.24, 2.45) is 0 Å². The number of piperazine rings is 1. The Labute approximate surface area is 232 Å². The molecule has 0 aliphatic carbocycles. The number of amides is 2. The molecule has 1 atom stereocenters. The van der Waals surface area contributed by atoms with E-state index in [0.29, 0.717) is 4.90 Å². The number of carbonyl (C=O) groups is 2. The molecule has 40 heavy (non-hydrogen) atoms. The zero-order valence-corrected chi connectivity index (χ0v) is 22.8. The van der Waals surface area contributed by atoms with Gasteiger partial charge in [-0.1, -0.05) is 23.7 Å². The van der Waals surface area contributed by atoms with Crippen molar-refractivity contribution in [2.45, 2.75) is 38.6 Å². The summed E-state index contributed by atoms with van der Waals surface area (Å²) in [5.74, 6) is -3.13. The van der Waals surface area contributed by atoms with E-state index in [0.717, 1.165) is 19.2 Å². The van der Waals surface area contributed by atoms with Crippen LogP contribution in [0.4, 0.5) is 33.7 Å². The quantitative estimate of drug-likeness (QED) is 0.244. The van der Waals surface area contributed by atoms with Crippen molar-refractivity contribution in [3.8, 4) is 11.5 Å². The Morgan fingerprint density at radius 2 is 1.77 bits per heavy atom. The van der Waals surface area contributed by atoms with E-state index in [-0.39, 0.29) is 41.8 Å². The maximum Gasteiger partial charge on any atom is 0.471 e. The van der Waals surface area contributed by atoms with Crippen molar-refractivity contribution >= 4 is 35.0 Å². The smallest absolute Gasteiger partial charge is 0.453 e. The number of hydrogen-bond donors (Lipinski definition) is 0. The molecular weight excluding hydrogens is 564 g/mol. The number of ether oxygens (including phenoxy) is 2. The van der Waals surface area contributed by atoms with Gasteiger partial charge >= 0.3 is 18.2 Å². The summed E-state index contributed by atoms with van der Waals surface area (Å²) >= 11 is 6.53. The molecule has 1 heterocycles. The molecule has 2 aromatic carbocycles. The molecule has 1 aliphatic heterocycles. The number of hydrogen-bond acceptors (Lipinski definition) is 7. The Balaban J connectivity index is 2.00. The monoisotopic (exact) mass is 590 g/mol. The summed E-state index contributed by atoms with van der Waals surface area (Å²) in [6.07, 6.45) is -5.98. The molecule has 218 valence electrons. The molecule has 1 aliphatic rings. The second-order valence-corrected chi connectivity index (χ2v) is 10.4. The number of carbonyl (C=O) groups excluding carboxylic acids is 2. The van der Waals surface area contributed by atoms with Gasteiger partial charge in [0.05, 0.1) is 11.0 Å². The summed E-state index contributed by atoms with van der Waals surface area (Å²) in [6.45, 7) is 3.86. The first kappa shape index (κ1) is 30.7. The van der Waals surface area contributed by atoms with Gasteiger partial charge in [0.1, 0.15) is 22.1 Å². The second-order valence-electron chi connectivity index (χ2n) is 9.99. The molecule has 0 radical (unpaired) electrons. The van der Waals surface area contributed by atoms with Crippen LogP contribution < -0.4 is 9.64 Å². The number of anilines is 1. The molecule has 0 aromatic heterocycles. The van der Waals surface area contributed by atoms with Crippen LogP contribution in [0.5, 0.6) is 11.5 Å². The lowest BCUT2D eigenvalue weighted by Crippen LogP contribution is -2.60. The molecule has 0 spiro atoms. The molecule has 3 rings (SSSR count).